The lowest BCUT2D eigenvalue weighted by atomic mass is 10.1. The summed E-state index contributed by atoms with van der Waals surface area (Å²) in [4.78, 5) is 19.1. The van der Waals surface area contributed by atoms with E-state index >= 15 is 0 Å². The number of nitrogens with one attached hydrogen (secondary N) is 1. The molecule has 1 aromatic heterocycles. The Balaban J connectivity index is 1.29. The molecule has 6 nitrogen and oxygen atoms in total. The molecule has 0 fully saturated rings. The molecule has 1 amide bonds. The van der Waals surface area contributed by atoms with Gasteiger partial charge in [0.25, 0.3) is 5.91 Å². The Kier molecular flexibility index (Phi) is 6.21. The maximum absolute atomic E-state index is 13.0. The summed E-state index contributed by atoms with van der Waals surface area (Å²) >= 11 is 1.37. The molecule has 0 spiro atoms. The first-order valence-electron chi connectivity index (χ1n) is 12.4. The second kappa shape index (κ2) is 9.84. The van der Waals surface area contributed by atoms with Crippen LogP contribution < -0.4 is 4.74 Å². The molecule has 3 aromatic carbocycles. The number of amides is 1. The highest BCUT2D eigenvalue weighted by Gasteiger charge is 2.36. The van der Waals surface area contributed by atoms with Gasteiger partial charge < -0.3 is 9.30 Å². The van der Waals surface area contributed by atoms with Crippen molar-refractivity contribution in [2.75, 3.05) is 6.61 Å². The van der Waals surface area contributed by atoms with Crippen LogP contribution in [-0.2, 0) is 11.3 Å². The van der Waals surface area contributed by atoms with Crippen LogP contribution in [0.5, 0.6) is 5.75 Å². The lowest BCUT2D eigenvalue weighted by Gasteiger charge is -2.26. The van der Waals surface area contributed by atoms with Crippen LogP contribution in [0.1, 0.15) is 22.3 Å². The topological polar surface area (TPSA) is 70.7 Å². The number of carbonyl (C=O) groups is 1. The van der Waals surface area contributed by atoms with Gasteiger partial charge >= 0.3 is 0 Å². The summed E-state index contributed by atoms with van der Waals surface area (Å²) in [6.07, 6.45) is 3.81. The number of ether oxygens (including phenoxy) is 1. The molecule has 7 heteroatoms. The maximum atomic E-state index is 13.0. The molecule has 4 aromatic rings. The fraction of sp³-hybridized carbons (Fsp3) is 0.129. The van der Waals surface area contributed by atoms with Crippen molar-refractivity contribution in [1.82, 2.24) is 9.47 Å². The van der Waals surface area contributed by atoms with E-state index in [1.165, 1.54) is 22.9 Å². The minimum absolute atomic E-state index is 0.134. The van der Waals surface area contributed by atoms with Crippen molar-refractivity contribution in [1.29, 1.82) is 5.41 Å². The Hall–Kier alpha value is -4.36. The van der Waals surface area contributed by atoms with Crippen molar-refractivity contribution in [2.24, 2.45) is 4.99 Å². The highest BCUT2D eigenvalue weighted by molar-refractivity contribution is 8.17. The summed E-state index contributed by atoms with van der Waals surface area (Å²) < 4.78 is 8.17. The normalized spacial score (nSPS) is 16.2. The molecule has 38 heavy (non-hydrogen) atoms. The van der Waals surface area contributed by atoms with Crippen LogP contribution in [0, 0.1) is 19.3 Å². The molecule has 2 aliphatic heterocycles. The van der Waals surface area contributed by atoms with Crippen LogP contribution in [0.25, 0.3) is 22.7 Å². The number of thioether (sulfide) groups is 1. The summed E-state index contributed by atoms with van der Waals surface area (Å²) in [6.45, 7) is 5.33. The molecule has 1 N–H and O–H groups in total. The number of aliphatic imine (C=N–C) groups is 1. The Morgan fingerprint density at radius 3 is 2.61 bits per heavy atom. The zero-order valence-electron chi connectivity index (χ0n) is 21.1. The van der Waals surface area contributed by atoms with E-state index in [9.17, 15) is 4.79 Å². The number of carbonyl (C=O) groups excluding carboxylic acids is 1. The van der Waals surface area contributed by atoms with Gasteiger partial charge in [-0.2, -0.15) is 4.99 Å². The van der Waals surface area contributed by atoms with Crippen molar-refractivity contribution < 1.29 is 9.53 Å². The summed E-state index contributed by atoms with van der Waals surface area (Å²) in [5, 5.41) is 12.4. The molecule has 0 bridgehead atoms. The van der Waals surface area contributed by atoms with E-state index in [1.54, 1.807) is 11.0 Å². The number of rotatable bonds is 6. The first kappa shape index (κ1) is 24.0. The van der Waals surface area contributed by atoms with E-state index in [4.69, 9.17) is 10.1 Å². The van der Waals surface area contributed by atoms with E-state index in [0.29, 0.717) is 18.3 Å². The molecular weight excluding hydrogens is 492 g/mol. The quantitative estimate of drug-likeness (QED) is 0.291. The Bertz CT molecular complexity index is 1680. The van der Waals surface area contributed by atoms with Crippen molar-refractivity contribution in [3.8, 4) is 5.75 Å². The molecule has 0 unspecified atom stereocenters. The maximum Gasteiger partial charge on any atom is 0.283 e. The molecule has 2 aliphatic rings. The lowest BCUT2D eigenvalue weighted by Crippen LogP contribution is -2.38. The van der Waals surface area contributed by atoms with Crippen molar-refractivity contribution in [3.05, 3.63) is 112 Å². The van der Waals surface area contributed by atoms with Gasteiger partial charge in [-0.25, -0.2) is 0 Å². The molecule has 0 saturated carbocycles. The number of fused-ring (bicyclic) bond motifs is 2. The van der Waals surface area contributed by atoms with Gasteiger partial charge in [-0.15, -0.1) is 0 Å². The standard InChI is InChI=1S/C31H26N4O2S/c1-20-12-13-24(16-21(20)2)37-15-14-34-18-23(25-10-6-7-11-27(25)34)17-26-29(32)35-28(22-8-4-3-5-9-22)19-38-31(35)33-30(26)36/h3-13,16-19,32H,14-15H2,1-2H3/b26-17-,32-29?. The van der Waals surface area contributed by atoms with E-state index in [2.05, 4.69) is 41.6 Å². The number of hydrogen-bond acceptors (Lipinski definition) is 4. The molecule has 0 radical (unpaired) electrons. The molecule has 0 atom stereocenters. The largest absolute Gasteiger partial charge is 0.492 e. The molecule has 188 valence electrons. The van der Waals surface area contributed by atoms with Gasteiger partial charge in [0.05, 0.1) is 17.8 Å². The van der Waals surface area contributed by atoms with Gasteiger partial charge in [-0.1, -0.05) is 66.4 Å². The van der Waals surface area contributed by atoms with E-state index < -0.39 is 5.91 Å². The zero-order valence-corrected chi connectivity index (χ0v) is 22.0. The van der Waals surface area contributed by atoms with Crippen LogP contribution in [0.15, 0.2) is 95.0 Å². The summed E-state index contributed by atoms with van der Waals surface area (Å²) in [5.41, 5.74) is 6.46. The predicted molar refractivity (Wildman–Crippen MR) is 155 cm³/mol. The highest BCUT2D eigenvalue weighted by atomic mass is 32.2. The van der Waals surface area contributed by atoms with Gasteiger partial charge in [-0.3, -0.25) is 15.1 Å². The smallest absolute Gasteiger partial charge is 0.283 e. The van der Waals surface area contributed by atoms with Crippen molar-refractivity contribution >= 4 is 51.3 Å². The molecule has 0 aliphatic carbocycles. The Morgan fingerprint density at radius 1 is 1.00 bits per heavy atom. The molecular formula is C31H26N4O2S. The Morgan fingerprint density at radius 2 is 1.79 bits per heavy atom. The monoisotopic (exact) mass is 518 g/mol. The van der Waals surface area contributed by atoms with Crippen LogP contribution in [0.3, 0.4) is 0 Å². The van der Waals surface area contributed by atoms with Gasteiger partial charge in [0, 0.05) is 28.1 Å². The van der Waals surface area contributed by atoms with E-state index in [0.717, 1.165) is 33.5 Å². The van der Waals surface area contributed by atoms with Crippen LogP contribution in [-0.4, -0.2) is 33.0 Å². The number of para-hydroxylation sites is 1. The van der Waals surface area contributed by atoms with Crippen molar-refractivity contribution in [3.63, 3.8) is 0 Å². The molecule has 0 saturated heterocycles. The number of hydrogen-bond donors (Lipinski definition) is 1. The van der Waals surface area contributed by atoms with Crippen molar-refractivity contribution in [2.45, 2.75) is 20.4 Å². The third-order valence-corrected chi connectivity index (χ3v) is 7.71. The van der Waals surface area contributed by atoms with Gasteiger partial charge in [0.15, 0.2) is 5.17 Å². The zero-order chi connectivity index (χ0) is 26.2. The second-order valence-electron chi connectivity index (χ2n) is 9.32. The first-order valence-corrected chi connectivity index (χ1v) is 13.3. The van der Waals surface area contributed by atoms with Crippen LogP contribution in [0.2, 0.25) is 0 Å². The minimum Gasteiger partial charge on any atom is -0.492 e. The van der Waals surface area contributed by atoms with Gasteiger partial charge in [-0.05, 0) is 54.8 Å². The third-order valence-electron chi connectivity index (χ3n) is 6.88. The average molecular weight is 519 g/mol. The number of benzene rings is 3. The molecule has 6 rings (SSSR count). The van der Waals surface area contributed by atoms with E-state index in [1.807, 2.05) is 66.2 Å². The first-order chi connectivity index (χ1) is 18.5. The molecule has 3 heterocycles. The number of amidine groups is 2. The minimum atomic E-state index is -0.397. The second-order valence-corrected chi connectivity index (χ2v) is 10.2. The fourth-order valence-electron chi connectivity index (χ4n) is 4.71. The van der Waals surface area contributed by atoms with Gasteiger partial charge in [0.2, 0.25) is 0 Å². The summed E-state index contributed by atoms with van der Waals surface area (Å²) in [7, 11) is 0. The van der Waals surface area contributed by atoms with Crippen LogP contribution >= 0.6 is 11.8 Å². The number of nitrogens with zero attached hydrogens (tertiary/aromatic N) is 3. The predicted octanol–water partition coefficient (Wildman–Crippen LogP) is 6.64. The third kappa shape index (κ3) is 4.35. The van der Waals surface area contributed by atoms with Gasteiger partial charge in [0.1, 0.15) is 18.2 Å². The summed E-state index contributed by atoms with van der Waals surface area (Å²) in [5.74, 6) is 0.592. The summed E-state index contributed by atoms with van der Waals surface area (Å²) in [6, 6.07) is 24.1. The lowest BCUT2D eigenvalue weighted by molar-refractivity contribution is -0.114. The van der Waals surface area contributed by atoms with E-state index in [-0.39, 0.29) is 11.4 Å². The highest BCUT2D eigenvalue weighted by Crippen LogP contribution is 2.37. The average Bonchev–Trinajstić information content (AvgIpc) is 3.51. The number of aromatic nitrogens is 1. The van der Waals surface area contributed by atoms with Crippen LogP contribution in [0.4, 0.5) is 0 Å². The SMILES string of the molecule is Cc1ccc(OCCn2cc(/C=C3/C(=N)N4C(c5ccccc5)=CSC4=NC3=O)c3ccccc32)cc1C. The fourth-order valence-corrected chi connectivity index (χ4v) is 5.60. The Labute approximate surface area is 225 Å². The number of aryl methyl sites for hydroxylation is 2.